The van der Waals surface area contributed by atoms with Crippen LogP contribution in [0.15, 0.2) is 24.5 Å². The normalized spacial score (nSPS) is 12.0. The number of ether oxygens (including phenoxy) is 1. The van der Waals surface area contributed by atoms with E-state index in [0.29, 0.717) is 6.54 Å². The molecule has 8 heteroatoms. The number of carbonyl (C=O) groups is 3. The maximum Gasteiger partial charge on any atom is 0.408 e. The van der Waals surface area contributed by atoms with Gasteiger partial charge in [-0.15, -0.1) is 0 Å². The number of hydrogen-bond acceptors (Lipinski definition) is 5. The fourth-order valence-corrected chi connectivity index (χ4v) is 1.79. The highest BCUT2D eigenvalue weighted by molar-refractivity contribution is 5.85. The summed E-state index contributed by atoms with van der Waals surface area (Å²) in [6.45, 7) is 7.35. The molecule has 0 aliphatic carbocycles. The number of amides is 3. The van der Waals surface area contributed by atoms with Gasteiger partial charge in [-0.1, -0.05) is 0 Å². The van der Waals surface area contributed by atoms with Gasteiger partial charge in [0.15, 0.2) is 0 Å². The Morgan fingerprint density at radius 3 is 2.40 bits per heavy atom. The highest BCUT2D eigenvalue weighted by Gasteiger charge is 2.20. The van der Waals surface area contributed by atoms with Crippen LogP contribution in [-0.4, -0.2) is 41.1 Å². The zero-order valence-electron chi connectivity index (χ0n) is 15.1. The third-order valence-corrected chi connectivity index (χ3v) is 3.02. The molecule has 1 aromatic rings. The Balaban J connectivity index is 2.22. The summed E-state index contributed by atoms with van der Waals surface area (Å²) in [5, 5.41) is 7.79. The topological polar surface area (TPSA) is 109 Å². The summed E-state index contributed by atoms with van der Waals surface area (Å²) in [7, 11) is 0. The molecule has 1 rings (SSSR count). The predicted octanol–water partition coefficient (Wildman–Crippen LogP) is 1.12. The van der Waals surface area contributed by atoms with E-state index in [1.54, 1.807) is 40.1 Å². The minimum atomic E-state index is -0.755. The highest BCUT2D eigenvalue weighted by atomic mass is 16.6. The number of rotatable bonds is 7. The monoisotopic (exact) mass is 350 g/mol. The van der Waals surface area contributed by atoms with E-state index in [0.717, 1.165) is 5.56 Å². The van der Waals surface area contributed by atoms with Gasteiger partial charge < -0.3 is 20.7 Å². The largest absolute Gasteiger partial charge is 0.444 e. The zero-order chi connectivity index (χ0) is 18.9. The van der Waals surface area contributed by atoms with Crippen molar-refractivity contribution in [1.29, 1.82) is 0 Å². The second kappa shape index (κ2) is 9.61. The molecule has 0 spiro atoms. The smallest absolute Gasteiger partial charge is 0.408 e. The standard InChI is InChI=1S/C17H26N4O4/c1-12(21-16(24)25-17(2,3)4)15(23)19-10-7-14(22)20-11-13-5-8-18-9-6-13/h5-6,8-9,12H,7,10-11H2,1-4H3,(H,19,23)(H,20,22)(H,21,24)/t12-/m1/s1. The summed E-state index contributed by atoms with van der Waals surface area (Å²) < 4.78 is 5.08. The van der Waals surface area contributed by atoms with Crippen LogP contribution in [0.4, 0.5) is 4.79 Å². The van der Waals surface area contributed by atoms with Gasteiger partial charge in [0.1, 0.15) is 11.6 Å². The molecule has 0 saturated carbocycles. The Bertz CT molecular complexity index is 584. The first kappa shape index (κ1) is 20.4. The lowest BCUT2D eigenvalue weighted by molar-refractivity contribution is -0.123. The van der Waals surface area contributed by atoms with Crippen LogP contribution >= 0.6 is 0 Å². The molecule has 3 N–H and O–H groups in total. The van der Waals surface area contributed by atoms with Crippen LogP contribution in [0.2, 0.25) is 0 Å². The van der Waals surface area contributed by atoms with Crippen molar-refractivity contribution in [3.05, 3.63) is 30.1 Å². The van der Waals surface area contributed by atoms with E-state index < -0.39 is 17.7 Å². The fraction of sp³-hybridized carbons (Fsp3) is 0.529. The predicted molar refractivity (Wildman–Crippen MR) is 92.5 cm³/mol. The minimum Gasteiger partial charge on any atom is -0.444 e. The molecule has 0 bridgehead atoms. The Hall–Kier alpha value is -2.64. The number of pyridine rings is 1. The summed E-state index contributed by atoms with van der Waals surface area (Å²) in [5.41, 5.74) is 0.315. The van der Waals surface area contributed by atoms with Crippen LogP contribution in [0.1, 0.15) is 39.7 Å². The van der Waals surface area contributed by atoms with E-state index >= 15 is 0 Å². The van der Waals surface area contributed by atoms with Gasteiger partial charge in [-0.3, -0.25) is 14.6 Å². The van der Waals surface area contributed by atoms with Crippen molar-refractivity contribution < 1.29 is 19.1 Å². The maximum absolute atomic E-state index is 11.9. The summed E-state index contributed by atoms with van der Waals surface area (Å²) in [6.07, 6.45) is 2.79. The second-order valence-electron chi connectivity index (χ2n) is 6.54. The number of nitrogens with one attached hydrogen (secondary N) is 3. The molecule has 1 atom stereocenters. The SMILES string of the molecule is C[C@@H](NC(=O)OC(C)(C)C)C(=O)NCCC(=O)NCc1ccncc1. The lowest BCUT2D eigenvalue weighted by Gasteiger charge is -2.21. The van der Waals surface area contributed by atoms with Gasteiger partial charge in [0.2, 0.25) is 11.8 Å². The molecule has 138 valence electrons. The van der Waals surface area contributed by atoms with Crippen molar-refractivity contribution >= 4 is 17.9 Å². The highest BCUT2D eigenvalue weighted by Crippen LogP contribution is 2.06. The Kier molecular flexibility index (Phi) is 7.84. The van der Waals surface area contributed by atoms with Crippen LogP contribution in [0.25, 0.3) is 0 Å². The quantitative estimate of drug-likeness (QED) is 0.683. The molecule has 3 amide bonds. The lowest BCUT2D eigenvalue weighted by Crippen LogP contribution is -2.47. The average Bonchev–Trinajstić information content (AvgIpc) is 2.51. The number of hydrogen-bond donors (Lipinski definition) is 3. The molecule has 0 unspecified atom stereocenters. The Morgan fingerprint density at radius 2 is 1.80 bits per heavy atom. The Labute approximate surface area is 147 Å². The van der Waals surface area contributed by atoms with Gasteiger partial charge in [0.25, 0.3) is 0 Å². The zero-order valence-corrected chi connectivity index (χ0v) is 15.1. The average molecular weight is 350 g/mol. The van der Waals surface area contributed by atoms with Gasteiger partial charge >= 0.3 is 6.09 Å². The lowest BCUT2D eigenvalue weighted by atomic mass is 10.2. The summed E-state index contributed by atoms with van der Waals surface area (Å²) >= 11 is 0. The van der Waals surface area contributed by atoms with Crippen LogP contribution in [0, 0.1) is 0 Å². The van der Waals surface area contributed by atoms with E-state index in [9.17, 15) is 14.4 Å². The number of carbonyl (C=O) groups excluding carboxylic acids is 3. The number of alkyl carbamates (subject to hydrolysis) is 1. The molecule has 25 heavy (non-hydrogen) atoms. The first-order valence-electron chi connectivity index (χ1n) is 8.10. The van der Waals surface area contributed by atoms with Gasteiger partial charge in [-0.05, 0) is 45.4 Å². The molecule has 0 saturated heterocycles. The molecular weight excluding hydrogens is 324 g/mol. The van der Waals surface area contributed by atoms with E-state index in [4.69, 9.17) is 4.74 Å². The van der Waals surface area contributed by atoms with Crippen molar-refractivity contribution in [2.75, 3.05) is 6.54 Å². The van der Waals surface area contributed by atoms with Crippen molar-refractivity contribution in [2.45, 2.75) is 52.3 Å². The molecule has 1 heterocycles. The molecular formula is C17H26N4O4. The molecule has 0 aliphatic heterocycles. The third-order valence-electron chi connectivity index (χ3n) is 3.02. The Morgan fingerprint density at radius 1 is 1.16 bits per heavy atom. The number of nitrogens with zero attached hydrogens (tertiary/aromatic N) is 1. The first-order chi connectivity index (χ1) is 11.7. The third kappa shape index (κ3) is 9.29. The van der Waals surface area contributed by atoms with Gasteiger partial charge in [0, 0.05) is 31.9 Å². The summed E-state index contributed by atoms with van der Waals surface area (Å²) in [6, 6.07) is 2.87. The molecule has 0 aromatic carbocycles. The van der Waals surface area contributed by atoms with Crippen LogP contribution in [0.5, 0.6) is 0 Å². The van der Waals surface area contributed by atoms with Gasteiger partial charge in [-0.25, -0.2) is 4.79 Å². The fourth-order valence-electron chi connectivity index (χ4n) is 1.79. The summed E-state index contributed by atoms with van der Waals surface area (Å²) in [4.78, 5) is 39.1. The summed E-state index contributed by atoms with van der Waals surface area (Å²) in [5.74, 6) is -0.558. The van der Waals surface area contributed by atoms with E-state index in [1.165, 1.54) is 0 Å². The van der Waals surface area contributed by atoms with Gasteiger partial charge in [0.05, 0.1) is 0 Å². The van der Waals surface area contributed by atoms with E-state index in [2.05, 4.69) is 20.9 Å². The van der Waals surface area contributed by atoms with Crippen LogP contribution in [0.3, 0.4) is 0 Å². The minimum absolute atomic E-state index is 0.149. The van der Waals surface area contributed by atoms with Gasteiger partial charge in [-0.2, -0.15) is 0 Å². The van der Waals surface area contributed by atoms with E-state index in [1.807, 2.05) is 12.1 Å². The number of aromatic nitrogens is 1. The van der Waals surface area contributed by atoms with Crippen molar-refractivity contribution in [3.63, 3.8) is 0 Å². The van der Waals surface area contributed by atoms with Crippen molar-refractivity contribution in [2.24, 2.45) is 0 Å². The van der Waals surface area contributed by atoms with Crippen molar-refractivity contribution in [1.82, 2.24) is 20.9 Å². The second-order valence-corrected chi connectivity index (χ2v) is 6.54. The van der Waals surface area contributed by atoms with Crippen LogP contribution in [-0.2, 0) is 20.9 Å². The molecule has 0 radical (unpaired) electrons. The first-order valence-corrected chi connectivity index (χ1v) is 8.10. The molecule has 0 aliphatic rings. The van der Waals surface area contributed by atoms with Crippen molar-refractivity contribution in [3.8, 4) is 0 Å². The molecule has 0 fully saturated rings. The molecule has 1 aromatic heterocycles. The molecule has 8 nitrogen and oxygen atoms in total. The maximum atomic E-state index is 11.9. The van der Waals surface area contributed by atoms with E-state index in [-0.39, 0.29) is 24.8 Å². The van der Waals surface area contributed by atoms with Crippen LogP contribution < -0.4 is 16.0 Å².